The van der Waals surface area contributed by atoms with Gasteiger partial charge in [-0.2, -0.15) is 31.3 Å². The third kappa shape index (κ3) is 5.58. The van der Waals surface area contributed by atoms with Crippen molar-refractivity contribution in [1.29, 1.82) is 0 Å². The summed E-state index contributed by atoms with van der Waals surface area (Å²) in [7, 11) is 0. The Kier molecular flexibility index (Phi) is 6.00. The zero-order chi connectivity index (χ0) is 22.8. The second-order valence-electron chi connectivity index (χ2n) is 6.54. The molecule has 1 amide bonds. The molecule has 166 valence electrons. The molecule has 0 bridgehead atoms. The number of nitrogens with one attached hydrogen (secondary N) is 1. The second-order valence-corrected chi connectivity index (χ2v) is 6.54. The fraction of sp³-hybridized carbons (Fsp3) is 0.263. The molecule has 0 aliphatic carbocycles. The number of aromatic nitrogens is 3. The Bertz CT molecular complexity index is 1070. The van der Waals surface area contributed by atoms with Crippen LogP contribution in [-0.2, 0) is 23.6 Å². The number of pyridine rings is 1. The number of hydrogen-bond acceptors (Lipinski definition) is 5. The van der Waals surface area contributed by atoms with Crippen LogP contribution in [0.15, 0.2) is 47.1 Å². The van der Waals surface area contributed by atoms with Gasteiger partial charge in [0.25, 0.3) is 0 Å². The van der Waals surface area contributed by atoms with Crippen molar-refractivity contribution in [2.75, 3.05) is 0 Å². The van der Waals surface area contributed by atoms with Crippen molar-refractivity contribution < 1.29 is 37.1 Å². The maximum atomic E-state index is 13.0. The minimum Gasteiger partial charge on any atom is -0.349 e. The summed E-state index contributed by atoms with van der Waals surface area (Å²) < 4.78 is 80.9. The minimum atomic E-state index is -4.78. The summed E-state index contributed by atoms with van der Waals surface area (Å²) in [5, 5.41) is 5.83. The molecule has 12 heteroatoms. The van der Waals surface area contributed by atoms with Gasteiger partial charge < -0.3 is 9.84 Å². The highest BCUT2D eigenvalue weighted by Gasteiger charge is 2.38. The number of carbonyl (C=O) groups excluding carboxylic acids is 1. The van der Waals surface area contributed by atoms with Crippen LogP contribution in [0.2, 0.25) is 0 Å². The molecular weight excluding hydrogens is 430 g/mol. The lowest BCUT2D eigenvalue weighted by Gasteiger charge is -2.19. The first-order chi connectivity index (χ1) is 14.4. The molecule has 3 aromatic rings. The average Bonchev–Trinajstić information content (AvgIpc) is 3.18. The van der Waals surface area contributed by atoms with Gasteiger partial charge in [0, 0.05) is 32.2 Å². The second kappa shape index (κ2) is 8.36. The number of nitrogens with zero attached hydrogens (tertiary/aromatic N) is 3. The summed E-state index contributed by atoms with van der Waals surface area (Å²) in [6.07, 6.45) is -8.08. The largest absolute Gasteiger partial charge is 0.471 e. The van der Waals surface area contributed by atoms with Gasteiger partial charge >= 0.3 is 18.2 Å². The molecule has 3 rings (SSSR count). The number of rotatable bonds is 5. The first kappa shape index (κ1) is 22.2. The van der Waals surface area contributed by atoms with Crippen LogP contribution in [0.3, 0.4) is 0 Å². The Labute approximate surface area is 172 Å². The van der Waals surface area contributed by atoms with E-state index >= 15 is 0 Å². The molecule has 0 saturated carbocycles. The number of benzene rings is 1. The predicted molar refractivity (Wildman–Crippen MR) is 96.4 cm³/mol. The molecule has 0 aliphatic heterocycles. The van der Waals surface area contributed by atoms with Gasteiger partial charge in [0.15, 0.2) is 0 Å². The normalized spacial score (nSPS) is 13.1. The van der Waals surface area contributed by atoms with Crippen LogP contribution in [0.1, 0.15) is 37.1 Å². The van der Waals surface area contributed by atoms with E-state index in [1.54, 1.807) is 0 Å². The third-order valence-corrected chi connectivity index (χ3v) is 4.16. The van der Waals surface area contributed by atoms with Crippen molar-refractivity contribution in [1.82, 2.24) is 20.4 Å². The van der Waals surface area contributed by atoms with E-state index in [9.17, 15) is 31.1 Å². The summed E-state index contributed by atoms with van der Waals surface area (Å²) in [5.74, 6) is -2.27. The highest BCUT2D eigenvalue weighted by molar-refractivity contribution is 5.73. The van der Waals surface area contributed by atoms with Crippen molar-refractivity contribution in [2.24, 2.45) is 0 Å². The molecule has 0 fully saturated rings. The summed E-state index contributed by atoms with van der Waals surface area (Å²) in [5.41, 5.74) is -0.109. The lowest BCUT2D eigenvalue weighted by Crippen LogP contribution is -2.28. The zero-order valence-corrected chi connectivity index (χ0v) is 15.8. The fourth-order valence-corrected chi connectivity index (χ4v) is 2.77. The van der Waals surface area contributed by atoms with Crippen LogP contribution in [0.4, 0.5) is 26.3 Å². The van der Waals surface area contributed by atoms with Crippen LogP contribution in [-0.4, -0.2) is 21.0 Å². The lowest BCUT2D eigenvalue weighted by molar-refractivity contribution is -0.159. The van der Waals surface area contributed by atoms with E-state index in [0.717, 1.165) is 12.1 Å². The van der Waals surface area contributed by atoms with E-state index in [1.165, 1.54) is 37.4 Å². The Morgan fingerprint density at radius 1 is 1.13 bits per heavy atom. The monoisotopic (exact) mass is 446 g/mol. The molecule has 1 unspecified atom stereocenters. The smallest absolute Gasteiger partial charge is 0.349 e. The average molecular weight is 446 g/mol. The Morgan fingerprint density at radius 2 is 1.87 bits per heavy atom. The van der Waals surface area contributed by atoms with Crippen LogP contribution in [0.25, 0.3) is 11.4 Å². The molecule has 1 aromatic carbocycles. The maximum Gasteiger partial charge on any atom is 0.471 e. The van der Waals surface area contributed by atoms with Gasteiger partial charge in [0.2, 0.25) is 11.7 Å². The molecule has 0 spiro atoms. The van der Waals surface area contributed by atoms with Crippen molar-refractivity contribution in [3.05, 3.63) is 65.3 Å². The standard InChI is InChI=1S/C19H14F6N4O2.H2/c1-10(30)27-15(11-3-2-4-13(7-11)18(20,21)22)8-14-6-5-12(9-26-14)16-28-17(31-29-16)19(23,24)25;/h2-7,9,15H,8H2,1H3,(H,27,30);1H. The van der Waals surface area contributed by atoms with Crippen LogP contribution < -0.4 is 5.32 Å². The SMILES string of the molecule is CC(=O)NC(Cc1ccc(-c2noc(C(F)(F)F)n2)cn1)c1cccc(C(F)(F)F)c1.[HH]. The molecule has 1 atom stereocenters. The van der Waals surface area contributed by atoms with E-state index in [4.69, 9.17) is 0 Å². The number of carbonyl (C=O) groups is 1. The summed E-state index contributed by atoms with van der Waals surface area (Å²) in [4.78, 5) is 18.9. The number of amides is 1. The molecular formula is C19H16F6N4O2. The quantitative estimate of drug-likeness (QED) is 0.568. The molecule has 2 heterocycles. The lowest BCUT2D eigenvalue weighted by atomic mass is 9.99. The fourth-order valence-electron chi connectivity index (χ4n) is 2.77. The van der Waals surface area contributed by atoms with E-state index in [-0.39, 0.29) is 24.8 Å². The molecule has 2 aromatic heterocycles. The maximum absolute atomic E-state index is 13.0. The highest BCUT2D eigenvalue weighted by atomic mass is 19.4. The van der Waals surface area contributed by atoms with E-state index in [0.29, 0.717) is 5.69 Å². The van der Waals surface area contributed by atoms with E-state index in [1.807, 2.05) is 0 Å². The molecule has 1 N–H and O–H groups in total. The van der Waals surface area contributed by atoms with Gasteiger partial charge in [-0.05, 0) is 29.8 Å². The van der Waals surface area contributed by atoms with Crippen LogP contribution in [0.5, 0.6) is 0 Å². The minimum absolute atomic E-state index is 0. The Morgan fingerprint density at radius 3 is 2.42 bits per heavy atom. The first-order valence-corrected chi connectivity index (χ1v) is 8.74. The predicted octanol–water partition coefficient (Wildman–Crippen LogP) is 4.84. The third-order valence-electron chi connectivity index (χ3n) is 4.16. The summed E-state index contributed by atoms with van der Waals surface area (Å²) in [6, 6.07) is 6.57. The van der Waals surface area contributed by atoms with Crippen molar-refractivity contribution in [2.45, 2.75) is 31.7 Å². The van der Waals surface area contributed by atoms with Crippen molar-refractivity contribution in [3.8, 4) is 11.4 Å². The van der Waals surface area contributed by atoms with Gasteiger partial charge in [-0.15, -0.1) is 0 Å². The highest BCUT2D eigenvalue weighted by Crippen LogP contribution is 2.32. The van der Waals surface area contributed by atoms with E-state index < -0.39 is 35.8 Å². The zero-order valence-electron chi connectivity index (χ0n) is 15.8. The van der Waals surface area contributed by atoms with Gasteiger partial charge in [-0.3, -0.25) is 9.78 Å². The number of halogens is 6. The van der Waals surface area contributed by atoms with Crippen molar-refractivity contribution >= 4 is 5.91 Å². The van der Waals surface area contributed by atoms with Gasteiger partial charge in [-0.1, -0.05) is 17.3 Å². The number of hydrogen-bond donors (Lipinski definition) is 1. The molecule has 0 saturated heterocycles. The Balaban J connectivity index is 0.00000363. The van der Waals surface area contributed by atoms with Gasteiger partial charge in [0.05, 0.1) is 11.6 Å². The van der Waals surface area contributed by atoms with Gasteiger partial charge in [0.1, 0.15) is 0 Å². The van der Waals surface area contributed by atoms with Crippen LogP contribution >= 0.6 is 0 Å². The molecule has 0 aliphatic rings. The molecule has 6 nitrogen and oxygen atoms in total. The van der Waals surface area contributed by atoms with E-state index in [2.05, 4.69) is 25.0 Å². The van der Waals surface area contributed by atoms with Crippen molar-refractivity contribution in [3.63, 3.8) is 0 Å². The van der Waals surface area contributed by atoms with Gasteiger partial charge in [-0.25, -0.2) is 0 Å². The molecule has 31 heavy (non-hydrogen) atoms. The first-order valence-electron chi connectivity index (χ1n) is 8.74. The summed E-state index contributed by atoms with van der Waals surface area (Å²) in [6.45, 7) is 1.23. The summed E-state index contributed by atoms with van der Waals surface area (Å²) >= 11 is 0. The number of alkyl halides is 6. The Hall–Kier alpha value is -3.44. The molecule has 0 radical (unpaired) electrons. The topological polar surface area (TPSA) is 80.9 Å². The van der Waals surface area contributed by atoms with Crippen LogP contribution in [0, 0.1) is 0 Å².